The number of halogens is 1. The molecule has 0 fully saturated rings. The van der Waals surface area contributed by atoms with E-state index in [1.807, 2.05) is 18.7 Å². The number of rotatable bonds is 9. The van der Waals surface area contributed by atoms with Crippen LogP contribution in [-0.2, 0) is 11.3 Å². The highest BCUT2D eigenvalue weighted by Gasteiger charge is 2.21. The fraction of sp³-hybridized carbons (Fsp3) is 0.333. The predicted molar refractivity (Wildman–Crippen MR) is 123 cm³/mol. The molecule has 0 aliphatic rings. The van der Waals surface area contributed by atoms with Crippen LogP contribution in [0, 0.1) is 5.82 Å². The molecule has 5 nitrogen and oxygen atoms in total. The Labute approximate surface area is 185 Å². The third kappa shape index (κ3) is 5.11. The van der Waals surface area contributed by atoms with E-state index in [1.54, 1.807) is 36.4 Å². The molecule has 2 amide bonds. The molecule has 1 N–H and O–H groups in total. The highest BCUT2D eigenvalue weighted by Crippen LogP contribution is 2.34. The minimum atomic E-state index is -0.369. The van der Waals surface area contributed by atoms with Gasteiger partial charge in [-0.1, -0.05) is 19.9 Å². The van der Waals surface area contributed by atoms with Gasteiger partial charge in [0.25, 0.3) is 11.8 Å². The summed E-state index contributed by atoms with van der Waals surface area (Å²) in [6.45, 7) is 5.67. The maximum atomic E-state index is 14.4. The summed E-state index contributed by atoms with van der Waals surface area (Å²) in [4.78, 5) is 27.9. The maximum absolute atomic E-state index is 14.4. The Morgan fingerprint density at radius 1 is 1.06 bits per heavy atom. The zero-order chi connectivity index (χ0) is 22.4. The summed E-state index contributed by atoms with van der Waals surface area (Å²) >= 11 is 1.24. The second-order valence-electron chi connectivity index (χ2n) is 7.28. The molecule has 31 heavy (non-hydrogen) atoms. The van der Waals surface area contributed by atoms with Crippen LogP contribution in [0.5, 0.6) is 0 Å². The van der Waals surface area contributed by atoms with Crippen LogP contribution in [0.25, 0.3) is 10.1 Å². The molecule has 0 saturated carbocycles. The van der Waals surface area contributed by atoms with Crippen LogP contribution < -0.4 is 5.32 Å². The second kappa shape index (κ2) is 10.5. The van der Waals surface area contributed by atoms with E-state index in [2.05, 4.69) is 5.32 Å². The summed E-state index contributed by atoms with van der Waals surface area (Å²) in [7, 11) is 1.52. The van der Waals surface area contributed by atoms with E-state index < -0.39 is 0 Å². The molecule has 0 atom stereocenters. The van der Waals surface area contributed by atoms with E-state index in [0.717, 1.165) is 25.9 Å². The number of carbonyl (C=O) groups excluding carboxylic acids is 2. The molecule has 3 aromatic rings. The smallest absolute Gasteiger partial charge is 0.266 e. The Bertz CT molecular complexity index is 1060. The zero-order valence-electron chi connectivity index (χ0n) is 18.0. The van der Waals surface area contributed by atoms with E-state index >= 15 is 0 Å². The average molecular weight is 443 g/mol. The topological polar surface area (TPSA) is 58.6 Å². The normalized spacial score (nSPS) is 11.0. The van der Waals surface area contributed by atoms with E-state index in [-0.39, 0.29) is 24.2 Å². The molecule has 0 radical (unpaired) electrons. The number of methoxy groups -OCH3 is 1. The lowest BCUT2D eigenvalue weighted by molar-refractivity contribution is 0.0755. The van der Waals surface area contributed by atoms with Crippen molar-refractivity contribution in [2.45, 2.75) is 33.3 Å². The van der Waals surface area contributed by atoms with Gasteiger partial charge >= 0.3 is 0 Å². The van der Waals surface area contributed by atoms with Crippen molar-refractivity contribution in [1.82, 2.24) is 4.90 Å². The molecule has 0 aliphatic heterocycles. The molecule has 0 bridgehead atoms. The third-order valence-corrected chi connectivity index (χ3v) is 6.12. The van der Waals surface area contributed by atoms with Gasteiger partial charge in [-0.2, -0.15) is 0 Å². The fourth-order valence-corrected chi connectivity index (χ4v) is 4.67. The molecule has 7 heteroatoms. The molecule has 1 heterocycles. The van der Waals surface area contributed by atoms with Gasteiger partial charge < -0.3 is 15.0 Å². The van der Waals surface area contributed by atoms with Crippen LogP contribution in [0.15, 0.2) is 42.5 Å². The highest BCUT2D eigenvalue weighted by molar-refractivity contribution is 7.21. The second-order valence-corrected chi connectivity index (χ2v) is 8.33. The van der Waals surface area contributed by atoms with Gasteiger partial charge in [0.1, 0.15) is 5.82 Å². The van der Waals surface area contributed by atoms with Crippen molar-refractivity contribution in [3.63, 3.8) is 0 Å². The predicted octanol–water partition coefficient (Wildman–Crippen LogP) is 5.70. The SMILES string of the molecule is CCCN(CCC)C(=O)c1ccc(NC(=O)c2sc3cccc(F)c3c2COC)cc1. The highest BCUT2D eigenvalue weighted by atomic mass is 32.1. The summed E-state index contributed by atoms with van der Waals surface area (Å²) in [6.07, 6.45) is 1.80. The number of nitrogens with one attached hydrogen (secondary N) is 1. The van der Waals surface area contributed by atoms with Crippen LogP contribution in [0.1, 0.15) is 52.3 Å². The largest absolute Gasteiger partial charge is 0.380 e. The third-order valence-electron chi connectivity index (χ3n) is 4.92. The Kier molecular flexibility index (Phi) is 7.76. The summed E-state index contributed by atoms with van der Waals surface area (Å²) in [5.74, 6) is -0.708. The summed E-state index contributed by atoms with van der Waals surface area (Å²) in [5, 5.41) is 3.28. The van der Waals surface area contributed by atoms with E-state index in [1.165, 1.54) is 24.5 Å². The van der Waals surface area contributed by atoms with Gasteiger partial charge in [-0.3, -0.25) is 9.59 Å². The number of amides is 2. The first-order valence-corrected chi connectivity index (χ1v) is 11.2. The van der Waals surface area contributed by atoms with Gasteiger partial charge in [0, 0.05) is 47.1 Å². The number of nitrogens with zero attached hydrogens (tertiary/aromatic N) is 1. The van der Waals surface area contributed by atoms with Crippen LogP contribution in [0.2, 0.25) is 0 Å². The average Bonchev–Trinajstić information content (AvgIpc) is 3.14. The summed E-state index contributed by atoms with van der Waals surface area (Å²) in [6, 6.07) is 11.7. The molecule has 2 aromatic carbocycles. The quantitative estimate of drug-likeness (QED) is 0.462. The van der Waals surface area contributed by atoms with Gasteiger partial charge in [0.2, 0.25) is 0 Å². The van der Waals surface area contributed by atoms with Gasteiger partial charge in [-0.15, -0.1) is 11.3 Å². The van der Waals surface area contributed by atoms with E-state index in [0.29, 0.717) is 31.8 Å². The lowest BCUT2D eigenvalue weighted by Crippen LogP contribution is -2.32. The Morgan fingerprint density at radius 2 is 1.74 bits per heavy atom. The number of anilines is 1. The maximum Gasteiger partial charge on any atom is 0.266 e. The summed E-state index contributed by atoms with van der Waals surface area (Å²) in [5.41, 5.74) is 1.70. The minimum absolute atomic E-state index is 0.0102. The number of carbonyl (C=O) groups is 2. The van der Waals surface area contributed by atoms with Crippen molar-refractivity contribution < 1.29 is 18.7 Å². The van der Waals surface area contributed by atoms with Crippen molar-refractivity contribution in [3.05, 3.63) is 64.3 Å². The van der Waals surface area contributed by atoms with Crippen molar-refractivity contribution in [1.29, 1.82) is 0 Å². The van der Waals surface area contributed by atoms with Crippen molar-refractivity contribution in [2.24, 2.45) is 0 Å². The molecule has 164 valence electrons. The molecule has 0 aliphatic carbocycles. The molecule has 0 spiro atoms. The first kappa shape index (κ1) is 22.9. The molecule has 0 unspecified atom stereocenters. The molecular weight excluding hydrogens is 415 g/mol. The first-order valence-electron chi connectivity index (χ1n) is 10.4. The lowest BCUT2D eigenvalue weighted by Gasteiger charge is -2.21. The van der Waals surface area contributed by atoms with Crippen LogP contribution in [0.4, 0.5) is 10.1 Å². The molecular formula is C24H27FN2O3S. The number of hydrogen-bond donors (Lipinski definition) is 1. The van der Waals surface area contributed by atoms with Crippen LogP contribution in [-0.4, -0.2) is 36.9 Å². The number of fused-ring (bicyclic) bond motifs is 1. The molecule has 3 rings (SSSR count). The lowest BCUT2D eigenvalue weighted by atomic mass is 10.1. The van der Waals surface area contributed by atoms with Gasteiger partial charge in [0.15, 0.2) is 0 Å². The van der Waals surface area contributed by atoms with Crippen molar-refractivity contribution in [2.75, 3.05) is 25.5 Å². The van der Waals surface area contributed by atoms with E-state index in [4.69, 9.17) is 4.74 Å². The summed E-state index contributed by atoms with van der Waals surface area (Å²) < 4.78 is 20.3. The Morgan fingerprint density at radius 3 is 2.35 bits per heavy atom. The number of ether oxygens (including phenoxy) is 1. The van der Waals surface area contributed by atoms with Gasteiger partial charge in [-0.25, -0.2) is 4.39 Å². The number of thiophene rings is 1. The van der Waals surface area contributed by atoms with Gasteiger partial charge in [0.05, 0.1) is 11.5 Å². The molecule has 0 saturated heterocycles. The number of hydrogen-bond acceptors (Lipinski definition) is 4. The molecule has 1 aromatic heterocycles. The number of benzene rings is 2. The van der Waals surface area contributed by atoms with E-state index in [9.17, 15) is 14.0 Å². The monoisotopic (exact) mass is 442 g/mol. The van der Waals surface area contributed by atoms with Crippen molar-refractivity contribution >= 4 is 38.9 Å². The standard InChI is InChI=1S/C24H27FN2O3S/c1-4-13-27(14-5-2)24(29)16-9-11-17(12-10-16)26-23(28)22-18(15-30-3)21-19(25)7-6-8-20(21)31-22/h6-12H,4-5,13-15H2,1-3H3,(H,26,28). The van der Waals surface area contributed by atoms with Crippen LogP contribution in [0.3, 0.4) is 0 Å². The van der Waals surface area contributed by atoms with Crippen LogP contribution >= 0.6 is 11.3 Å². The van der Waals surface area contributed by atoms with Gasteiger partial charge in [-0.05, 0) is 49.2 Å². The first-order chi connectivity index (χ1) is 15.0. The fourth-order valence-electron chi connectivity index (χ4n) is 3.55. The minimum Gasteiger partial charge on any atom is -0.380 e. The zero-order valence-corrected chi connectivity index (χ0v) is 18.9. The Balaban J connectivity index is 1.80. The van der Waals surface area contributed by atoms with Crippen molar-refractivity contribution in [3.8, 4) is 0 Å². The Hall–Kier alpha value is -2.77.